The number of thioether (sulfide) groups is 1. The van der Waals surface area contributed by atoms with Gasteiger partial charge in [-0.15, -0.1) is 11.8 Å². The van der Waals surface area contributed by atoms with Crippen LogP contribution in [0.15, 0.2) is 4.99 Å². The van der Waals surface area contributed by atoms with Crippen LogP contribution in [0, 0.1) is 0 Å². The van der Waals surface area contributed by atoms with Crippen molar-refractivity contribution in [1.29, 1.82) is 0 Å². The van der Waals surface area contributed by atoms with Crippen LogP contribution in [0.2, 0.25) is 0 Å². The Morgan fingerprint density at radius 3 is 3.00 bits per heavy atom. The van der Waals surface area contributed by atoms with Gasteiger partial charge in [-0.3, -0.25) is 9.79 Å². The Kier molecular flexibility index (Phi) is 2.58. The lowest BCUT2D eigenvalue weighted by atomic mass is 9.96. The third-order valence-electron chi connectivity index (χ3n) is 2.48. The lowest BCUT2D eigenvalue weighted by molar-refractivity contribution is -0.138. The van der Waals surface area contributed by atoms with Crippen molar-refractivity contribution in [1.82, 2.24) is 0 Å². The standard InChI is InChI=1S/C9H11NO3S/c11-7-3-1-2-5-8(7)14-4-6(10-5)9(12)13/h6,8H,1-4H2,(H,12,13). The molecule has 1 aliphatic carbocycles. The van der Waals surface area contributed by atoms with Gasteiger partial charge in [0.05, 0.1) is 0 Å². The third-order valence-corrected chi connectivity index (χ3v) is 3.86. The fourth-order valence-electron chi connectivity index (χ4n) is 1.76. The Balaban J connectivity index is 2.20. The molecule has 0 radical (unpaired) electrons. The molecule has 2 atom stereocenters. The van der Waals surface area contributed by atoms with Gasteiger partial charge in [0.2, 0.25) is 0 Å². The second-order valence-corrected chi connectivity index (χ2v) is 4.65. The van der Waals surface area contributed by atoms with Crippen molar-refractivity contribution in [2.75, 3.05) is 5.75 Å². The van der Waals surface area contributed by atoms with Gasteiger partial charge in [-0.05, 0) is 12.8 Å². The number of ketones is 1. The molecule has 1 fully saturated rings. The molecule has 14 heavy (non-hydrogen) atoms. The van der Waals surface area contributed by atoms with Crippen LogP contribution in [-0.2, 0) is 9.59 Å². The number of hydrogen-bond donors (Lipinski definition) is 1. The zero-order valence-corrected chi connectivity index (χ0v) is 8.42. The van der Waals surface area contributed by atoms with E-state index in [0.29, 0.717) is 12.2 Å². The van der Waals surface area contributed by atoms with E-state index in [2.05, 4.69) is 4.99 Å². The fraction of sp³-hybridized carbons (Fsp3) is 0.667. The zero-order valence-electron chi connectivity index (χ0n) is 7.60. The van der Waals surface area contributed by atoms with Gasteiger partial charge in [-0.1, -0.05) is 0 Å². The van der Waals surface area contributed by atoms with Crippen molar-refractivity contribution in [3.05, 3.63) is 0 Å². The first-order chi connectivity index (χ1) is 6.68. The molecular formula is C9H11NO3S. The fourth-order valence-corrected chi connectivity index (χ4v) is 3.03. The topological polar surface area (TPSA) is 66.7 Å². The molecule has 0 amide bonds. The summed E-state index contributed by atoms with van der Waals surface area (Å²) in [5.41, 5.74) is 0.796. The van der Waals surface area contributed by atoms with Gasteiger partial charge in [0, 0.05) is 17.9 Å². The van der Waals surface area contributed by atoms with Crippen LogP contribution < -0.4 is 0 Å². The monoisotopic (exact) mass is 213 g/mol. The Bertz CT molecular complexity index is 313. The number of hydrogen-bond acceptors (Lipinski definition) is 4. The van der Waals surface area contributed by atoms with Crippen LogP contribution in [0.1, 0.15) is 19.3 Å². The maximum Gasteiger partial charge on any atom is 0.329 e. The van der Waals surface area contributed by atoms with Crippen LogP contribution in [0.3, 0.4) is 0 Å². The molecule has 0 bridgehead atoms. The summed E-state index contributed by atoms with van der Waals surface area (Å²) in [4.78, 5) is 26.3. The number of Topliss-reactive ketones (excluding diaryl/α,β-unsaturated/α-hetero) is 1. The molecule has 76 valence electrons. The number of carbonyl (C=O) groups excluding carboxylic acids is 1. The molecule has 2 aliphatic rings. The first-order valence-corrected chi connectivity index (χ1v) is 5.67. The van der Waals surface area contributed by atoms with Gasteiger partial charge in [-0.2, -0.15) is 0 Å². The predicted octanol–water partition coefficient (Wildman–Crippen LogP) is 0.749. The predicted molar refractivity (Wildman–Crippen MR) is 54.0 cm³/mol. The normalized spacial score (nSPS) is 32.0. The highest BCUT2D eigenvalue weighted by Crippen LogP contribution is 2.29. The third kappa shape index (κ3) is 1.68. The van der Waals surface area contributed by atoms with Gasteiger partial charge in [0.25, 0.3) is 0 Å². The molecule has 1 heterocycles. The number of carboxylic acid groups (broad SMARTS) is 1. The van der Waals surface area contributed by atoms with Gasteiger partial charge < -0.3 is 5.11 Å². The minimum Gasteiger partial charge on any atom is -0.480 e. The maximum atomic E-state index is 11.5. The van der Waals surface area contributed by atoms with E-state index in [1.807, 2.05) is 0 Å². The molecular weight excluding hydrogens is 202 g/mol. The highest BCUT2D eigenvalue weighted by molar-refractivity contribution is 8.01. The zero-order chi connectivity index (χ0) is 10.1. The average molecular weight is 213 g/mol. The summed E-state index contributed by atoms with van der Waals surface area (Å²) in [7, 11) is 0. The summed E-state index contributed by atoms with van der Waals surface area (Å²) in [6.45, 7) is 0. The summed E-state index contributed by atoms with van der Waals surface area (Å²) in [5.74, 6) is -0.250. The van der Waals surface area contributed by atoms with Gasteiger partial charge in [-0.25, -0.2) is 4.79 Å². The number of nitrogens with zero attached hydrogens (tertiary/aromatic N) is 1. The molecule has 5 heteroatoms. The van der Waals surface area contributed by atoms with E-state index in [9.17, 15) is 9.59 Å². The summed E-state index contributed by atoms with van der Waals surface area (Å²) in [5, 5.41) is 8.65. The van der Waals surface area contributed by atoms with E-state index in [0.717, 1.165) is 18.6 Å². The maximum absolute atomic E-state index is 11.5. The van der Waals surface area contributed by atoms with E-state index in [-0.39, 0.29) is 11.0 Å². The number of rotatable bonds is 1. The Morgan fingerprint density at radius 1 is 1.50 bits per heavy atom. The van der Waals surface area contributed by atoms with Crippen LogP contribution >= 0.6 is 11.8 Å². The first kappa shape index (κ1) is 9.71. The summed E-state index contributed by atoms with van der Waals surface area (Å²) >= 11 is 1.43. The Morgan fingerprint density at radius 2 is 2.29 bits per heavy atom. The molecule has 0 aromatic heterocycles. The number of aliphatic carboxylic acids is 1. The SMILES string of the molecule is O=C(O)C1CSC2C(=O)CCCC2=N1. The number of carboxylic acids is 1. The van der Waals surface area contributed by atoms with Crippen molar-refractivity contribution in [3.63, 3.8) is 0 Å². The highest BCUT2D eigenvalue weighted by Gasteiger charge is 2.34. The second-order valence-electron chi connectivity index (χ2n) is 3.51. The molecule has 1 N–H and O–H groups in total. The minimum atomic E-state index is -0.888. The molecule has 0 aromatic carbocycles. The first-order valence-electron chi connectivity index (χ1n) is 4.62. The van der Waals surface area contributed by atoms with Crippen molar-refractivity contribution >= 4 is 29.2 Å². The van der Waals surface area contributed by atoms with Crippen LogP contribution in [0.5, 0.6) is 0 Å². The van der Waals surface area contributed by atoms with E-state index >= 15 is 0 Å². The molecule has 2 unspecified atom stereocenters. The molecule has 0 spiro atoms. The summed E-state index contributed by atoms with van der Waals surface area (Å²) in [6, 6.07) is -0.642. The van der Waals surface area contributed by atoms with E-state index in [1.165, 1.54) is 11.8 Å². The van der Waals surface area contributed by atoms with Crippen molar-refractivity contribution in [2.45, 2.75) is 30.6 Å². The van der Waals surface area contributed by atoms with Crippen molar-refractivity contribution < 1.29 is 14.7 Å². The summed E-state index contributed by atoms with van der Waals surface area (Å²) < 4.78 is 0. The van der Waals surface area contributed by atoms with Crippen LogP contribution in [-0.4, -0.2) is 39.6 Å². The Hall–Kier alpha value is -0.840. The summed E-state index contributed by atoms with van der Waals surface area (Å²) in [6.07, 6.45) is 2.22. The molecule has 1 aliphatic heterocycles. The number of fused-ring (bicyclic) bond motifs is 1. The number of aliphatic imine (C=N–C) groups is 1. The minimum absolute atomic E-state index is 0.139. The molecule has 0 saturated heterocycles. The van der Waals surface area contributed by atoms with E-state index < -0.39 is 12.0 Å². The van der Waals surface area contributed by atoms with Gasteiger partial charge in [0.1, 0.15) is 5.25 Å². The van der Waals surface area contributed by atoms with Crippen LogP contribution in [0.25, 0.3) is 0 Å². The van der Waals surface area contributed by atoms with E-state index in [4.69, 9.17) is 5.11 Å². The van der Waals surface area contributed by atoms with Crippen molar-refractivity contribution in [2.24, 2.45) is 4.99 Å². The smallest absolute Gasteiger partial charge is 0.329 e. The lowest BCUT2D eigenvalue weighted by Crippen LogP contribution is -2.39. The molecule has 1 saturated carbocycles. The average Bonchev–Trinajstić information content (AvgIpc) is 2.17. The quantitative estimate of drug-likeness (QED) is 0.698. The van der Waals surface area contributed by atoms with Gasteiger partial charge >= 0.3 is 5.97 Å². The Labute approximate surface area is 85.8 Å². The van der Waals surface area contributed by atoms with Crippen LogP contribution in [0.4, 0.5) is 0 Å². The van der Waals surface area contributed by atoms with E-state index in [1.54, 1.807) is 0 Å². The van der Waals surface area contributed by atoms with Crippen molar-refractivity contribution in [3.8, 4) is 0 Å². The second kappa shape index (κ2) is 3.73. The molecule has 2 rings (SSSR count). The number of carbonyl (C=O) groups is 2. The van der Waals surface area contributed by atoms with Gasteiger partial charge in [0.15, 0.2) is 11.8 Å². The largest absolute Gasteiger partial charge is 0.480 e. The highest BCUT2D eigenvalue weighted by atomic mass is 32.2. The molecule has 4 nitrogen and oxygen atoms in total. The lowest BCUT2D eigenvalue weighted by Gasteiger charge is -2.28. The molecule has 0 aromatic rings.